The average molecular weight is 322 g/mol. The lowest BCUT2D eigenvalue weighted by Crippen LogP contribution is -2.39. The summed E-state index contributed by atoms with van der Waals surface area (Å²) in [6, 6.07) is 9.45. The van der Waals surface area contributed by atoms with Crippen LogP contribution in [0, 0.1) is 11.3 Å². The lowest BCUT2D eigenvalue weighted by Gasteiger charge is -2.26. The van der Waals surface area contributed by atoms with Crippen molar-refractivity contribution in [3.05, 3.63) is 34.3 Å². The van der Waals surface area contributed by atoms with Gasteiger partial charge in [-0.2, -0.15) is 5.26 Å². The maximum absolute atomic E-state index is 12.3. The first-order chi connectivity index (χ1) is 9.22. The fourth-order valence-electron chi connectivity index (χ4n) is 2.43. The number of carbonyl (C=O) groups is 1. The largest absolute Gasteiger partial charge is 0.341 e. The van der Waals surface area contributed by atoms with Crippen LogP contribution in [-0.2, 0) is 4.79 Å². The highest BCUT2D eigenvalue weighted by Crippen LogP contribution is 2.27. The number of hydrogen-bond acceptors (Lipinski definition) is 3. The number of halogens is 1. The molecule has 4 nitrogen and oxygen atoms in total. The molecule has 1 heterocycles. The van der Waals surface area contributed by atoms with Crippen molar-refractivity contribution in [3.63, 3.8) is 0 Å². The molecule has 1 aromatic rings. The number of nitriles is 1. The first kappa shape index (κ1) is 14.0. The van der Waals surface area contributed by atoms with Gasteiger partial charge >= 0.3 is 0 Å². The highest BCUT2D eigenvalue weighted by molar-refractivity contribution is 9.10. The standard InChI is InChI=1S/C14H16BrN3O/c15-12-5-3-4-11(10-12)13(14(19)17-7-6-16)18-8-1-2-9-18/h3-5,10,13H,1-2,7-9H2,(H,17,19)/t13-/m1/s1. The third-order valence-electron chi connectivity index (χ3n) is 3.26. The number of amides is 1. The molecule has 1 fully saturated rings. The zero-order chi connectivity index (χ0) is 13.7. The first-order valence-corrected chi connectivity index (χ1v) is 7.16. The number of carbonyl (C=O) groups excluding carboxylic acids is 1. The van der Waals surface area contributed by atoms with Crippen LogP contribution < -0.4 is 5.32 Å². The Morgan fingerprint density at radius 2 is 2.21 bits per heavy atom. The van der Waals surface area contributed by atoms with E-state index in [1.165, 1.54) is 0 Å². The Kier molecular flexibility index (Phi) is 4.94. The number of benzene rings is 1. The molecule has 0 saturated carbocycles. The Morgan fingerprint density at radius 3 is 2.84 bits per heavy atom. The average Bonchev–Trinajstić information content (AvgIpc) is 2.90. The highest BCUT2D eigenvalue weighted by atomic mass is 79.9. The minimum absolute atomic E-state index is 0.0528. The second-order valence-electron chi connectivity index (χ2n) is 4.58. The molecule has 1 amide bonds. The second kappa shape index (κ2) is 6.69. The lowest BCUT2D eigenvalue weighted by atomic mass is 10.0. The van der Waals surface area contributed by atoms with Gasteiger partial charge < -0.3 is 5.32 Å². The molecule has 100 valence electrons. The smallest absolute Gasteiger partial charge is 0.242 e. The number of likely N-dealkylation sites (tertiary alicyclic amines) is 1. The van der Waals surface area contributed by atoms with Gasteiger partial charge in [0.05, 0.1) is 6.07 Å². The Balaban J connectivity index is 2.23. The van der Waals surface area contributed by atoms with Crippen molar-refractivity contribution in [2.45, 2.75) is 18.9 Å². The van der Waals surface area contributed by atoms with E-state index in [-0.39, 0.29) is 18.5 Å². The van der Waals surface area contributed by atoms with E-state index in [2.05, 4.69) is 26.1 Å². The molecule has 19 heavy (non-hydrogen) atoms. The molecular weight excluding hydrogens is 306 g/mol. The summed E-state index contributed by atoms with van der Waals surface area (Å²) in [4.78, 5) is 14.5. The fraction of sp³-hybridized carbons (Fsp3) is 0.429. The summed E-state index contributed by atoms with van der Waals surface area (Å²) in [6.07, 6.45) is 2.24. The second-order valence-corrected chi connectivity index (χ2v) is 5.49. The van der Waals surface area contributed by atoms with Crippen LogP contribution in [0.15, 0.2) is 28.7 Å². The van der Waals surface area contributed by atoms with Gasteiger partial charge in [0, 0.05) is 4.47 Å². The van der Waals surface area contributed by atoms with Crippen LogP contribution in [0.5, 0.6) is 0 Å². The van der Waals surface area contributed by atoms with E-state index in [4.69, 9.17) is 5.26 Å². The summed E-state index contributed by atoms with van der Waals surface area (Å²) in [7, 11) is 0. The van der Waals surface area contributed by atoms with Gasteiger partial charge in [0.25, 0.3) is 0 Å². The molecule has 1 N–H and O–H groups in total. The van der Waals surface area contributed by atoms with Crippen LogP contribution in [0.3, 0.4) is 0 Å². The van der Waals surface area contributed by atoms with Crippen molar-refractivity contribution in [2.75, 3.05) is 19.6 Å². The molecule has 0 spiro atoms. The van der Waals surface area contributed by atoms with Crippen LogP contribution in [0.1, 0.15) is 24.4 Å². The molecule has 1 aromatic carbocycles. The molecule has 1 atom stereocenters. The molecule has 2 rings (SSSR count). The van der Waals surface area contributed by atoms with Crippen molar-refractivity contribution in [3.8, 4) is 6.07 Å². The van der Waals surface area contributed by atoms with E-state index in [0.717, 1.165) is 36.0 Å². The van der Waals surface area contributed by atoms with Gasteiger partial charge in [-0.3, -0.25) is 9.69 Å². The van der Waals surface area contributed by atoms with Crippen LogP contribution >= 0.6 is 15.9 Å². The van der Waals surface area contributed by atoms with Crippen molar-refractivity contribution in [1.29, 1.82) is 5.26 Å². The minimum Gasteiger partial charge on any atom is -0.341 e. The van der Waals surface area contributed by atoms with E-state index in [0.29, 0.717) is 0 Å². The highest BCUT2D eigenvalue weighted by Gasteiger charge is 2.29. The maximum atomic E-state index is 12.3. The quantitative estimate of drug-likeness (QED) is 0.865. The zero-order valence-electron chi connectivity index (χ0n) is 10.6. The molecule has 0 aliphatic carbocycles. The Labute approximate surface area is 121 Å². The normalized spacial score (nSPS) is 16.8. The van der Waals surface area contributed by atoms with Crippen molar-refractivity contribution < 1.29 is 4.79 Å². The molecule has 1 aliphatic rings. The van der Waals surface area contributed by atoms with Gasteiger partial charge in [-0.05, 0) is 43.6 Å². The predicted molar refractivity (Wildman–Crippen MR) is 76.3 cm³/mol. The van der Waals surface area contributed by atoms with E-state index in [1.54, 1.807) is 0 Å². The monoisotopic (exact) mass is 321 g/mol. The third-order valence-corrected chi connectivity index (χ3v) is 3.75. The molecule has 0 unspecified atom stereocenters. The molecule has 1 aliphatic heterocycles. The van der Waals surface area contributed by atoms with E-state index in [9.17, 15) is 4.79 Å². The van der Waals surface area contributed by atoms with Crippen LogP contribution in [0.2, 0.25) is 0 Å². The minimum atomic E-state index is -0.298. The first-order valence-electron chi connectivity index (χ1n) is 6.36. The molecule has 0 aromatic heterocycles. The number of nitrogens with zero attached hydrogens (tertiary/aromatic N) is 2. The molecule has 5 heteroatoms. The SMILES string of the molecule is N#CCNC(=O)[C@@H](c1cccc(Br)c1)N1CCCC1. The molecular formula is C14H16BrN3O. The summed E-state index contributed by atoms with van der Waals surface area (Å²) in [6.45, 7) is 1.91. The van der Waals surface area contributed by atoms with Crippen molar-refractivity contribution in [2.24, 2.45) is 0 Å². The fourth-order valence-corrected chi connectivity index (χ4v) is 2.84. The summed E-state index contributed by atoms with van der Waals surface area (Å²) >= 11 is 3.44. The summed E-state index contributed by atoms with van der Waals surface area (Å²) < 4.78 is 0.960. The Hall–Kier alpha value is -1.38. The van der Waals surface area contributed by atoms with Crippen LogP contribution in [0.4, 0.5) is 0 Å². The summed E-state index contributed by atoms with van der Waals surface area (Å²) in [5.41, 5.74) is 0.965. The van der Waals surface area contributed by atoms with Gasteiger partial charge in [-0.15, -0.1) is 0 Å². The zero-order valence-corrected chi connectivity index (χ0v) is 12.2. The van der Waals surface area contributed by atoms with E-state index in [1.807, 2.05) is 30.3 Å². The number of nitrogens with one attached hydrogen (secondary N) is 1. The number of hydrogen-bond donors (Lipinski definition) is 1. The topological polar surface area (TPSA) is 56.1 Å². The van der Waals surface area contributed by atoms with Crippen molar-refractivity contribution >= 4 is 21.8 Å². The van der Waals surface area contributed by atoms with Crippen molar-refractivity contribution in [1.82, 2.24) is 10.2 Å². The molecule has 0 radical (unpaired) electrons. The van der Waals surface area contributed by atoms with Gasteiger partial charge in [0.2, 0.25) is 5.91 Å². The Morgan fingerprint density at radius 1 is 1.47 bits per heavy atom. The van der Waals surface area contributed by atoms with Gasteiger partial charge in [0.1, 0.15) is 12.6 Å². The van der Waals surface area contributed by atoms with Gasteiger partial charge in [0.15, 0.2) is 0 Å². The third kappa shape index (κ3) is 3.55. The number of rotatable bonds is 4. The summed E-state index contributed by atoms with van der Waals surface area (Å²) in [5.74, 6) is -0.0958. The van der Waals surface area contributed by atoms with Crippen LogP contribution in [0.25, 0.3) is 0 Å². The van der Waals surface area contributed by atoms with Crippen LogP contribution in [-0.4, -0.2) is 30.4 Å². The lowest BCUT2D eigenvalue weighted by molar-refractivity contribution is -0.126. The molecule has 1 saturated heterocycles. The maximum Gasteiger partial charge on any atom is 0.242 e. The van der Waals surface area contributed by atoms with E-state index < -0.39 is 0 Å². The van der Waals surface area contributed by atoms with Gasteiger partial charge in [-0.25, -0.2) is 0 Å². The summed E-state index contributed by atoms with van der Waals surface area (Å²) in [5, 5.41) is 11.3. The van der Waals surface area contributed by atoms with Gasteiger partial charge in [-0.1, -0.05) is 28.1 Å². The van der Waals surface area contributed by atoms with E-state index >= 15 is 0 Å². The predicted octanol–water partition coefficient (Wildman–Crippen LogP) is 2.23. The Bertz CT molecular complexity index is 492. The molecule has 0 bridgehead atoms.